The Morgan fingerprint density at radius 2 is 1.86 bits per heavy atom. The van der Waals surface area contributed by atoms with Crippen molar-refractivity contribution in [3.63, 3.8) is 0 Å². The average Bonchev–Trinajstić information content (AvgIpc) is 3.07. The summed E-state index contributed by atoms with van der Waals surface area (Å²) in [6, 6.07) is 1.89. The minimum absolute atomic E-state index is 0.0295. The van der Waals surface area contributed by atoms with E-state index in [9.17, 15) is 9.59 Å². The van der Waals surface area contributed by atoms with Crippen LogP contribution in [0.3, 0.4) is 0 Å². The Kier molecular flexibility index (Phi) is 5.30. The summed E-state index contributed by atoms with van der Waals surface area (Å²) in [6.07, 6.45) is 3.12. The Labute approximate surface area is 166 Å². The number of hydrogen-bond acceptors (Lipinski definition) is 5. The van der Waals surface area contributed by atoms with E-state index in [1.54, 1.807) is 17.3 Å². The number of carbonyl (C=O) groups is 2. The van der Waals surface area contributed by atoms with E-state index in [1.165, 1.54) is 0 Å². The third kappa shape index (κ3) is 4.75. The lowest BCUT2D eigenvalue weighted by molar-refractivity contribution is -0.125. The van der Waals surface area contributed by atoms with Crippen LogP contribution in [0.1, 0.15) is 40.2 Å². The SMILES string of the molecule is Cc1ccncc1OCC(C)(C)NC(=O)C1C2CN(C(=O)OC(C)(C)C)CC21. The van der Waals surface area contributed by atoms with Crippen LogP contribution in [0, 0.1) is 24.7 Å². The lowest BCUT2D eigenvalue weighted by atomic mass is 10.1. The zero-order chi connectivity index (χ0) is 20.7. The van der Waals surface area contributed by atoms with E-state index in [0.717, 1.165) is 11.3 Å². The fourth-order valence-electron chi connectivity index (χ4n) is 3.70. The number of pyridine rings is 1. The first kappa shape index (κ1) is 20.4. The molecule has 3 rings (SSSR count). The van der Waals surface area contributed by atoms with Crippen LogP contribution in [0.25, 0.3) is 0 Å². The first-order valence-electron chi connectivity index (χ1n) is 9.80. The summed E-state index contributed by atoms with van der Waals surface area (Å²) < 4.78 is 11.3. The maximum absolute atomic E-state index is 12.7. The molecule has 1 aliphatic heterocycles. The number of nitrogens with one attached hydrogen (secondary N) is 1. The van der Waals surface area contributed by atoms with Crippen molar-refractivity contribution in [2.45, 2.75) is 52.7 Å². The standard InChI is InChI=1S/C21H31N3O4/c1-13-7-8-22-9-16(13)27-12-21(5,6)23-18(25)17-14-10-24(11-15(14)17)19(26)28-20(2,3)4/h7-9,14-15,17H,10-12H2,1-6H3,(H,23,25). The molecule has 2 amide bonds. The molecule has 0 radical (unpaired) electrons. The minimum Gasteiger partial charge on any atom is -0.489 e. The van der Waals surface area contributed by atoms with Gasteiger partial charge in [0.15, 0.2) is 0 Å². The van der Waals surface area contributed by atoms with Crippen LogP contribution in [0.4, 0.5) is 4.79 Å². The molecule has 2 atom stereocenters. The molecular weight excluding hydrogens is 358 g/mol. The van der Waals surface area contributed by atoms with Crippen molar-refractivity contribution in [1.29, 1.82) is 0 Å². The molecule has 1 aromatic rings. The zero-order valence-corrected chi connectivity index (χ0v) is 17.6. The van der Waals surface area contributed by atoms with Gasteiger partial charge in [-0.05, 0) is 65.0 Å². The molecule has 2 aliphatic rings. The number of likely N-dealkylation sites (tertiary alicyclic amines) is 1. The molecular formula is C21H31N3O4. The highest BCUT2D eigenvalue weighted by atomic mass is 16.6. The monoisotopic (exact) mass is 389 g/mol. The lowest BCUT2D eigenvalue weighted by Crippen LogP contribution is -2.49. The highest BCUT2D eigenvalue weighted by Crippen LogP contribution is 2.52. The molecule has 2 heterocycles. The van der Waals surface area contributed by atoms with Crippen LogP contribution >= 0.6 is 0 Å². The number of fused-ring (bicyclic) bond motifs is 1. The third-order valence-corrected chi connectivity index (χ3v) is 5.19. The van der Waals surface area contributed by atoms with Crippen molar-refractivity contribution in [2.75, 3.05) is 19.7 Å². The molecule has 154 valence electrons. The van der Waals surface area contributed by atoms with Gasteiger partial charge in [-0.15, -0.1) is 0 Å². The number of hydrogen-bond donors (Lipinski definition) is 1. The number of carbonyl (C=O) groups excluding carboxylic acids is 2. The summed E-state index contributed by atoms with van der Waals surface area (Å²) in [6.45, 7) is 13.0. The van der Waals surface area contributed by atoms with E-state index in [2.05, 4.69) is 10.3 Å². The van der Waals surface area contributed by atoms with E-state index in [-0.39, 0.29) is 29.8 Å². The second-order valence-corrected chi connectivity index (χ2v) is 9.54. The van der Waals surface area contributed by atoms with Gasteiger partial charge in [-0.25, -0.2) is 4.79 Å². The van der Waals surface area contributed by atoms with Crippen molar-refractivity contribution in [3.05, 3.63) is 24.0 Å². The van der Waals surface area contributed by atoms with Gasteiger partial charge < -0.3 is 19.7 Å². The van der Waals surface area contributed by atoms with Crippen LogP contribution in [-0.4, -0.2) is 52.7 Å². The topological polar surface area (TPSA) is 80.8 Å². The Morgan fingerprint density at radius 3 is 2.43 bits per heavy atom. The molecule has 1 saturated heterocycles. The Hall–Kier alpha value is -2.31. The summed E-state index contributed by atoms with van der Waals surface area (Å²) in [5.41, 5.74) is 0.00867. The molecule has 2 unspecified atom stereocenters. The first-order valence-corrected chi connectivity index (χ1v) is 9.80. The van der Waals surface area contributed by atoms with Crippen molar-refractivity contribution >= 4 is 12.0 Å². The number of aromatic nitrogens is 1. The second-order valence-electron chi connectivity index (χ2n) is 9.54. The first-order chi connectivity index (χ1) is 13.0. The normalized spacial score (nSPS) is 23.8. The van der Waals surface area contributed by atoms with Gasteiger partial charge in [0.2, 0.25) is 5.91 Å². The molecule has 7 nitrogen and oxygen atoms in total. The predicted octanol–water partition coefficient (Wildman–Crippen LogP) is 2.78. The highest BCUT2D eigenvalue weighted by Gasteiger charge is 2.61. The molecule has 1 saturated carbocycles. The number of rotatable bonds is 5. The van der Waals surface area contributed by atoms with E-state index >= 15 is 0 Å². The summed E-state index contributed by atoms with van der Waals surface area (Å²) in [7, 11) is 0. The Balaban J connectivity index is 1.46. The van der Waals surface area contributed by atoms with Gasteiger partial charge in [0.1, 0.15) is 18.0 Å². The van der Waals surface area contributed by atoms with Crippen molar-refractivity contribution in [2.24, 2.45) is 17.8 Å². The second kappa shape index (κ2) is 7.26. The molecule has 1 N–H and O–H groups in total. The molecule has 0 bridgehead atoms. The minimum atomic E-state index is -0.503. The molecule has 28 heavy (non-hydrogen) atoms. The van der Waals surface area contributed by atoms with Crippen molar-refractivity contribution in [3.8, 4) is 5.75 Å². The van der Waals surface area contributed by atoms with Gasteiger partial charge in [0.25, 0.3) is 0 Å². The van der Waals surface area contributed by atoms with Crippen LogP contribution in [0.2, 0.25) is 0 Å². The highest BCUT2D eigenvalue weighted by molar-refractivity contribution is 5.84. The number of ether oxygens (including phenoxy) is 2. The van der Waals surface area contributed by atoms with Crippen molar-refractivity contribution in [1.82, 2.24) is 15.2 Å². The van der Waals surface area contributed by atoms with Gasteiger partial charge in [0, 0.05) is 25.2 Å². The van der Waals surface area contributed by atoms with E-state index in [1.807, 2.05) is 47.6 Å². The number of piperidine rings is 1. The summed E-state index contributed by atoms with van der Waals surface area (Å²) in [5.74, 6) is 1.18. The maximum atomic E-state index is 12.7. The van der Waals surface area contributed by atoms with Gasteiger partial charge >= 0.3 is 6.09 Å². The van der Waals surface area contributed by atoms with Crippen molar-refractivity contribution < 1.29 is 19.1 Å². The summed E-state index contributed by atoms with van der Waals surface area (Å²) >= 11 is 0. The van der Waals surface area contributed by atoms with E-state index < -0.39 is 11.1 Å². The van der Waals surface area contributed by atoms with Crippen LogP contribution in [-0.2, 0) is 9.53 Å². The molecule has 1 aliphatic carbocycles. The molecule has 0 spiro atoms. The summed E-state index contributed by atoms with van der Waals surface area (Å²) in [4.78, 5) is 30.7. The third-order valence-electron chi connectivity index (χ3n) is 5.19. The number of nitrogens with zero attached hydrogens (tertiary/aromatic N) is 2. The van der Waals surface area contributed by atoms with E-state index in [4.69, 9.17) is 9.47 Å². The van der Waals surface area contributed by atoms with Crippen LogP contribution in [0.5, 0.6) is 5.75 Å². The van der Waals surface area contributed by atoms with Crippen LogP contribution < -0.4 is 10.1 Å². The number of aryl methyl sites for hydroxylation is 1. The fraction of sp³-hybridized carbons (Fsp3) is 0.667. The zero-order valence-electron chi connectivity index (χ0n) is 17.6. The molecule has 2 fully saturated rings. The maximum Gasteiger partial charge on any atom is 0.410 e. The quantitative estimate of drug-likeness (QED) is 0.838. The predicted molar refractivity (Wildman–Crippen MR) is 105 cm³/mol. The molecule has 0 aromatic carbocycles. The Bertz CT molecular complexity index is 744. The van der Waals surface area contributed by atoms with Gasteiger partial charge in [-0.2, -0.15) is 0 Å². The summed E-state index contributed by atoms with van der Waals surface area (Å²) in [5, 5.41) is 3.10. The van der Waals surface area contributed by atoms with Gasteiger partial charge in [-0.3, -0.25) is 9.78 Å². The average molecular weight is 389 g/mol. The fourth-order valence-corrected chi connectivity index (χ4v) is 3.70. The largest absolute Gasteiger partial charge is 0.489 e. The Morgan fingerprint density at radius 1 is 1.21 bits per heavy atom. The van der Waals surface area contributed by atoms with Gasteiger partial charge in [0.05, 0.1) is 11.7 Å². The molecule has 7 heteroatoms. The smallest absolute Gasteiger partial charge is 0.410 e. The van der Waals surface area contributed by atoms with E-state index in [0.29, 0.717) is 19.7 Å². The number of amides is 2. The lowest BCUT2D eigenvalue weighted by Gasteiger charge is -2.28. The van der Waals surface area contributed by atoms with Crippen LogP contribution in [0.15, 0.2) is 18.5 Å². The van der Waals surface area contributed by atoms with Gasteiger partial charge in [-0.1, -0.05) is 0 Å². The molecule has 1 aromatic heterocycles.